The maximum Gasteiger partial charge on any atom is 0.343 e. The van der Waals surface area contributed by atoms with Gasteiger partial charge in [0, 0.05) is 11.5 Å². The van der Waals surface area contributed by atoms with Crippen LogP contribution in [0, 0.1) is 0 Å². The largest absolute Gasteiger partial charge is 0.492 e. The Hall–Kier alpha value is -2.60. The third kappa shape index (κ3) is 3.43. The van der Waals surface area contributed by atoms with Crippen LogP contribution >= 0.6 is 11.5 Å². The predicted octanol–water partition coefficient (Wildman–Crippen LogP) is 2.58. The lowest BCUT2D eigenvalue weighted by atomic mass is 10.0. The average molecular weight is 328 g/mol. The second kappa shape index (κ2) is 6.66. The lowest BCUT2D eigenvalue weighted by Crippen LogP contribution is -2.15. The van der Waals surface area contributed by atoms with Gasteiger partial charge in [0.15, 0.2) is 0 Å². The van der Waals surface area contributed by atoms with Crippen LogP contribution < -0.4 is 15.3 Å². The van der Waals surface area contributed by atoms with E-state index in [1.54, 1.807) is 0 Å². The van der Waals surface area contributed by atoms with Gasteiger partial charge in [0.25, 0.3) is 0 Å². The zero-order valence-electron chi connectivity index (χ0n) is 12.6. The molecule has 2 aromatic carbocycles. The number of nitrogens with one attached hydrogen (secondary N) is 1. The van der Waals surface area contributed by atoms with Crippen LogP contribution in [0.5, 0.6) is 5.75 Å². The Morgan fingerprint density at radius 3 is 2.52 bits per heavy atom. The number of nitrogens with zero attached hydrogens (tertiary/aromatic N) is 1. The number of hydrogen-bond donors (Lipinski definition) is 1. The summed E-state index contributed by atoms with van der Waals surface area (Å²) in [5.74, 6) is 0.596. The molecule has 0 unspecified atom stereocenters. The number of aromatic nitrogens is 2. The van der Waals surface area contributed by atoms with Crippen LogP contribution in [0.1, 0.15) is 18.1 Å². The summed E-state index contributed by atoms with van der Waals surface area (Å²) in [6.07, 6.45) is 0.777. The zero-order chi connectivity index (χ0) is 16.2. The summed E-state index contributed by atoms with van der Waals surface area (Å²) in [7, 11) is 0. The number of H-pyrrole nitrogens is 1. The molecule has 1 heterocycles. The molecule has 0 spiro atoms. The van der Waals surface area contributed by atoms with Crippen molar-refractivity contribution in [3.63, 3.8) is 0 Å². The monoisotopic (exact) mass is 328 g/mol. The predicted molar refractivity (Wildman–Crippen MR) is 91.0 cm³/mol. The van der Waals surface area contributed by atoms with E-state index < -0.39 is 5.69 Å². The molecule has 0 saturated carbocycles. The van der Waals surface area contributed by atoms with Gasteiger partial charge >= 0.3 is 10.6 Å². The highest BCUT2D eigenvalue weighted by atomic mass is 32.1. The van der Waals surface area contributed by atoms with Crippen LogP contribution in [0.2, 0.25) is 0 Å². The van der Waals surface area contributed by atoms with E-state index in [4.69, 9.17) is 4.74 Å². The molecule has 23 heavy (non-hydrogen) atoms. The highest BCUT2D eigenvalue weighted by molar-refractivity contribution is 7.03. The van der Waals surface area contributed by atoms with Gasteiger partial charge in [-0.05, 0) is 36.6 Å². The normalized spacial score (nSPS) is 10.7. The molecule has 0 atom stereocenters. The van der Waals surface area contributed by atoms with Crippen molar-refractivity contribution in [1.82, 2.24) is 8.94 Å². The summed E-state index contributed by atoms with van der Waals surface area (Å²) in [4.78, 5) is 25.1. The Bertz CT molecular complexity index is 909. The zero-order valence-corrected chi connectivity index (χ0v) is 13.4. The van der Waals surface area contributed by atoms with Crippen molar-refractivity contribution in [2.24, 2.45) is 0 Å². The second-order valence-electron chi connectivity index (χ2n) is 5.00. The summed E-state index contributed by atoms with van der Waals surface area (Å²) in [5.41, 5.74) is 2.42. The molecular weight excluding hydrogens is 312 g/mol. The first-order chi connectivity index (χ1) is 11.2. The highest BCUT2D eigenvalue weighted by Gasteiger charge is 2.12. The van der Waals surface area contributed by atoms with Crippen molar-refractivity contribution in [3.8, 4) is 11.4 Å². The van der Waals surface area contributed by atoms with E-state index in [2.05, 4.69) is 17.1 Å². The van der Waals surface area contributed by atoms with Crippen molar-refractivity contribution < 1.29 is 4.74 Å². The molecule has 0 saturated heterocycles. The maximum absolute atomic E-state index is 11.8. The molecule has 0 aliphatic heterocycles. The number of ether oxygens (including phenoxy) is 1. The lowest BCUT2D eigenvalue weighted by Gasteiger charge is -2.11. The average Bonchev–Trinajstić information content (AvgIpc) is 2.87. The number of rotatable bonds is 5. The Balaban J connectivity index is 2.00. The van der Waals surface area contributed by atoms with Crippen LogP contribution in [0.4, 0.5) is 0 Å². The summed E-state index contributed by atoms with van der Waals surface area (Å²) >= 11 is 0.830. The van der Waals surface area contributed by atoms with Gasteiger partial charge in [0.1, 0.15) is 11.4 Å². The van der Waals surface area contributed by atoms with Crippen molar-refractivity contribution in [1.29, 1.82) is 0 Å². The topological polar surface area (TPSA) is 64.1 Å². The van der Waals surface area contributed by atoms with Gasteiger partial charge in [-0.25, -0.2) is 8.75 Å². The lowest BCUT2D eigenvalue weighted by molar-refractivity contribution is 0.339. The smallest absolute Gasteiger partial charge is 0.343 e. The molecule has 0 amide bonds. The van der Waals surface area contributed by atoms with Crippen molar-refractivity contribution >= 4 is 11.5 Å². The van der Waals surface area contributed by atoms with E-state index >= 15 is 0 Å². The second-order valence-corrected chi connectivity index (χ2v) is 5.92. The Morgan fingerprint density at radius 1 is 1.09 bits per heavy atom. The Kier molecular flexibility index (Phi) is 4.43. The minimum atomic E-state index is -0.447. The van der Waals surface area contributed by atoms with Gasteiger partial charge in [-0.3, -0.25) is 9.78 Å². The molecule has 3 rings (SSSR count). The first-order valence-corrected chi connectivity index (χ1v) is 8.07. The fourth-order valence-corrected chi connectivity index (χ4v) is 3.06. The minimum absolute atomic E-state index is 0.384. The van der Waals surface area contributed by atoms with Gasteiger partial charge in [0.05, 0.1) is 6.61 Å². The highest BCUT2D eigenvalue weighted by Crippen LogP contribution is 2.25. The van der Waals surface area contributed by atoms with Gasteiger partial charge < -0.3 is 4.74 Å². The van der Waals surface area contributed by atoms with E-state index in [1.165, 1.54) is 9.52 Å². The molecule has 1 N–H and O–H groups in total. The van der Waals surface area contributed by atoms with E-state index in [-0.39, 0.29) is 4.87 Å². The molecular formula is C17H16N2O3S. The van der Waals surface area contributed by atoms with Crippen LogP contribution in [-0.2, 0) is 6.42 Å². The molecule has 0 bridgehead atoms. The third-order valence-electron chi connectivity index (χ3n) is 3.36. The number of benzene rings is 2. The quantitative estimate of drug-likeness (QED) is 0.783. The number of aromatic amines is 1. The fourth-order valence-electron chi connectivity index (χ4n) is 2.38. The van der Waals surface area contributed by atoms with Crippen molar-refractivity contribution in [2.45, 2.75) is 13.3 Å². The standard InChI is InChI=1S/C17H16N2O3S/c1-2-22-15-11-13(10-12-6-4-3-5-7-12)8-9-14(15)19-16(20)18-17(21)23-19/h3-9,11H,2,10H2,1H3,(H,18,20,21). The van der Waals surface area contributed by atoms with Crippen molar-refractivity contribution in [3.05, 3.63) is 79.8 Å². The van der Waals surface area contributed by atoms with Crippen LogP contribution in [0.15, 0.2) is 58.1 Å². The first kappa shape index (κ1) is 15.3. The maximum atomic E-state index is 11.8. The molecule has 5 nitrogen and oxygen atoms in total. The van der Waals surface area contributed by atoms with E-state index in [1.807, 2.05) is 43.3 Å². The van der Waals surface area contributed by atoms with Gasteiger partial charge in [-0.2, -0.15) is 0 Å². The Morgan fingerprint density at radius 2 is 1.87 bits per heavy atom. The first-order valence-electron chi connectivity index (χ1n) is 7.30. The molecule has 0 aliphatic rings. The van der Waals surface area contributed by atoms with Gasteiger partial charge in [-0.1, -0.05) is 36.4 Å². The SMILES string of the molecule is CCOc1cc(Cc2ccccc2)ccc1-n1sc(=O)[nH]c1=O. The van der Waals surface area contributed by atoms with E-state index in [0.29, 0.717) is 18.0 Å². The molecule has 0 fully saturated rings. The van der Waals surface area contributed by atoms with E-state index in [9.17, 15) is 9.59 Å². The summed E-state index contributed by atoms with van der Waals surface area (Å²) in [6, 6.07) is 15.8. The van der Waals surface area contributed by atoms with Gasteiger partial charge in [0.2, 0.25) is 0 Å². The summed E-state index contributed by atoms with van der Waals surface area (Å²) in [6.45, 7) is 2.37. The molecule has 3 aromatic rings. The molecule has 6 heteroatoms. The van der Waals surface area contributed by atoms with Crippen LogP contribution in [0.3, 0.4) is 0 Å². The summed E-state index contributed by atoms with van der Waals surface area (Å²) in [5, 5.41) is 0. The molecule has 0 aliphatic carbocycles. The van der Waals surface area contributed by atoms with Crippen LogP contribution in [0.25, 0.3) is 5.69 Å². The minimum Gasteiger partial charge on any atom is -0.492 e. The van der Waals surface area contributed by atoms with E-state index in [0.717, 1.165) is 23.5 Å². The Labute approximate surface area is 137 Å². The third-order valence-corrected chi connectivity index (χ3v) is 4.17. The molecule has 118 valence electrons. The molecule has 0 radical (unpaired) electrons. The van der Waals surface area contributed by atoms with Gasteiger partial charge in [-0.15, -0.1) is 0 Å². The number of hydrogen-bond acceptors (Lipinski definition) is 4. The summed E-state index contributed by atoms with van der Waals surface area (Å²) < 4.78 is 6.98. The molecule has 1 aromatic heterocycles. The van der Waals surface area contributed by atoms with Crippen molar-refractivity contribution in [2.75, 3.05) is 6.61 Å². The fraction of sp³-hybridized carbons (Fsp3) is 0.176. The van der Waals surface area contributed by atoms with Crippen LogP contribution in [-0.4, -0.2) is 15.5 Å².